The van der Waals surface area contributed by atoms with Crippen LogP contribution >= 0.6 is 0 Å². The molecule has 2 aromatic carbocycles. The van der Waals surface area contributed by atoms with Crippen molar-refractivity contribution in [3.8, 4) is 11.1 Å². The van der Waals surface area contributed by atoms with Gasteiger partial charge in [0.15, 0.2) is 5.82 Å². The minimum atomic E-state index is -0.0731. The lowest BCUT2D eigenvalue weighted by atomic mass is 10.0. The molecule has 2 heterocycles. The van der Waals surface area contributed by atoms with Crippen molar-refractivity contribution in [2.45, 2.75) is 44.1 Å². The average molecular weight is 373 g/mol. The largest absolute Gasteiger partial charge is 0.337 e. The van der Waals surface area contributed by atoms with Crippen LogP contribution in [0.25, 0.3) is 11.1 Å². The Morgan fingerprint density at radius 2 is 1.75 bits per heavy atom. The predicted octanol–water partition coefficient (Wildman–Crippen LogP) is 4.52. The fraction of sp³-hybridized carbons (Fsp3) is 0.348. The Hall–Kier alpha value is -2.95. The Labute approximate surface area is 164 Å². The van der Waals surface area contributed by atoms with Crippen LogP contribution in [0.15, 0.2) is 59.1 Å². The lowest BCUT2D eigenvalue weighted by molar-refractivity contribution is -0.131. The molecule has 2 aliphatic rings. The van der Waals surface area contributed by atoms with E-state index < -0.39 is 0 Å². The van der Waals surface area contributed by atoms with Crippen molar-refractivity contribution in [2.24, 2.45) is 0 Å². The smallest absolute Gasteiger partial charge is 0.249 e. The number of hydrogen-bond donors (Lipinski definition) is 0. The van der Waals surface area contributed by atoms with Crippen LogP contribution in [0, 0.1) is 0 Å². The number of likely N-dealkylation sites (tertiary alicyclic amines) is 1. The average Bonchev–Trinajstić information content (AvgIpc) is 3.26. The van der Waals surface area contributed by atoms with Gasteiger partial charge in [0.05, 0.1) is 6.42 Å². The van der Waals surface area contributed by atoms with Gasteiger partial charge in [-0.15, -0.1) is 0 Å². The number of carbonyl (C=O) groups excluding carboxylic acids is 1. The van der Waals surface area contributed by atoms with E-state index in [1.54, 1.807) is 0 Å². The Kier molecular flexibility index (Phi) is 4.43. The van der Waals surface area contributed by atoms with Crippen LogP contribution in [-0.4, -0.2) is 27.5 Å². The highest BCUT2D eigenvalue weighted by Crippen LogP contribution is 2.39. The van der Waals surface area contributed by atoms with Crippen LogP contribution in [0.3, 0.4) is 0 Å². The Morgan fingerprint density at radius 3 is 2.50 bits per heavy atom. The van der Waals surface area contributed by atoms with E-state index in [1.165, 1.54) is 5.56 Å². The molecule has 3 aromatic rings. The Morgan fingerprint density at radius 1 is 1.00 bits per heavy atom. The van der Waals surface area contributed by atoms with Crippen molar-refractivity contribution in [3.63, 3.8) is 0 Å². The zero-order valence-electron chi connectivity index (χ0n) is 15.8. The Bertz CT molecular complexity index is 961. The van der Waals surface area contributed by atoms with Gasteiger partial charge in [-0.2, -0.15) is 4.98 Å². The van der Waals surface area contributed by atoms with Gasteiger partial charge >= 0.3 is 0 Å². The number of aromatic nitrogens is 2. The molecule has 1 amide bonds. The van der Waals surface area contributed by atoms with Crippen molar-refractivity contribution in [1.29, 1.82) is 0 Å². The summed E-state index contributed by atoms with van der Waals surface area (Å²) in [4.78, 5) is 19.4. The molecule has 1 saturated heterocycles. The maximum atomic E-state index is 12.9. The van der Waals surface area contributed by atoms with Crippen LogP contribution in [0.4, 0.5) is 0 Å². The van der Waals surface area contributed by atoms with E-state index in [-0.39, 0.29) is 11.9 Å². The molecule has 0 spiro atoms. The summed E-state index contributed by atoms with van der Waals surface area (Å²) in [5.74, 6) is 2.00. The monoisotopic (exact) mass is 373 g/mol. The molecule has 5 rings (SSSR count). The van der Waals surface area contributed by atoms with Gasteiger partial charge in [0, 0.05) is 12.5 Å². The fourth-order valence-electron chi connectivity index (χ4n) is 3.93. The van der Waals surface area contributed by atoms with E-state index in [9.17, 15) is 4.79 Å². The Balaban J connectivity index is 1.27. The number of hydrogen-bond acceptors (Lipinski definition) is 4. The lowest BCUT2D eigenvalue weighted by Crippen LogP contribution is -2.32. The third kappa shape index (κ3) is 3.44. The molecule has 0 bridgehead atoms. The zero-order chi connectivity index (χ0) is 18.9. The van der Waals surface area contributed by atoms with Gasteiger partial charge in [0.2, 0.25) is 11.8 Å². The topological polar surface area (TPSA) is 59.2 Å². The predicted molar refractivity (Wildman–Crippen MR) is 106 cm³/mol. The van der Waals surface area contributed by atoms with Crippen molar-refractivity contribution >= 4 is 5.91 Å². The van der Waals surface area contributed by atoms with Crippen molar-refractivity contribution in [2.75, 3.05) is 6.54 Å². The quantitative estimate of drug-likeness (QED) is 0.660. The second-order valence-electron chi connectivity index (χ2n) is 7.75. The summed E-state index contributed by atoms with van der Waals surface area (Å²) in [6, 6.07) is 18.4. The summed E-state index contributed by atoms with van der Waals surface area (Å²) in [5.41, 5.74) is 3.37. The summed E-state index contributed by atoms with van der Waals surface area (Å²) in [6.07, 6.45) is 4.56. The first-order valence-corrected chi connectivity index (χ1v) is 10.1. The highest BCUT2D eigenvalue weighted by Gasteiger charge is 2.36. The first-order valence-electron chi connectivity index (χ1n) is 10.1. The summed E-state index contributed by atoms with van der Waals surface area (Å²) < 4.78 is 5.49. The number of nitrogens with zero attached hydrogens (tertiary/aromatic N) is 3. The number of rotatable bonds is 5. The van der Waals surface area contributed by atoms with Crippen LogP contribution < -0.4 is 0 Å². The molecule has 1 unspecified atom stereocenters. The van der Waals surface area contributed by atoms with Gasteiger partial charge in [-0.1, -0.05) is 59.8 Å². The molecular weight excluding hydrogens is 350 g/mol. The molecule has 142 valence electrons. The fourth-order valence-corrected chi connectivity index (χ4v) is 3.93. The molecule has 5 nitrogen and oxygen atoms in total. The van der Waals surface area contributed by atoms with Gasteiger partial charge < -0.3 is 9.42 Å². The van der Waals surface area contributed by atoms with E-state index in [0.717, 1.165) is 49.2 Å². The number of benzene rings is 2. The standard InChI is InChI=1S/C23H23N3O2/c27-21(15-16-8-10-18(11-9-16)17-5-2-1-3-6-17)26-14-4-7-20(26)23-24-22(25-28-23)19-12-13-19/h1-3,5-6,8-11,19-20H,4,7,12-15H2. The molecule has 0 N–H and O–H groups in total. The second kappa shape index (κ2) is 7.23. The SMILES string of the molecule is O=C(Cc1ccc(-c2ccccc2)cc1)N1CCCC1c1nc(C2CC2)no1. The third-order valence-electron chi connectivity index (χ3n) is 5.67. The van der Waals surface area contributed by atoms with Gasteiger partial charge in [-0.05, 0) is 42.4 Å². The molecule has 0 radical (unpaired) electrons. The highest BCUT2D eigenvalue weighted by atomic mass is 16.5. The molecule has 1 aliphatic carbocycles. The molecule has 1 aromatic heterocycles. The normalized spacial score (nSPS) is 19.1. The maximum absolute atomic E-state index is 12.9. The van der Waals surface area contributed by atoms with Crippen LogP contribution in [-0.2, 0) is 11.2 Å². The highest BCUT2D eigenvalue weighted by molar-refractivity contribution is 5.79. The number of carbonyl (C=O) groups is 1. The van der Waals surface area contributed by atoms with E-state index in [4.69, 9.17) is 4.52 Å². The maximum Gasteiger partial charge on any atom is 0.249 e. The molecule has 2 fully saturated rings. The van der Waals surface area contributed by atoms with Gasteiger partial charge in [-0.3, -0.25) is 4.79 Å². The molecule has 1 atom stereocenters. The van der Waals surface area contributed by atoms with Crippen molar-refractivity contribution in [1.82, 2.24) is 15.0 Å². The van der Waals surface area contributed by atoms with E-state index in [0.29, 0.717) is 18.2 Å². The van der Waals surface area contributed by atoms with Crippen LogP contribution in [0.5, 0.6) is 0 Å². The van der Waals surface area contributed by atoms with E-state index >= 15 is 0 Å². The number of amides is 1. The molecular formula is C23H23N3O2. The molecule has 5 heteroatoms. The second-order valence-corrected chi connectivity index (χ2v) is 7.75. The summed E-state index contributed by atoms with van der Waals surface area (Å²) in [6.45, 7) is 0.757. The molecule has 28 heavy (non-hydrogen) atoms. The minimum absolute atomic E-state index is 0.0731. The summed E-state index contributed by atoms with van der Waals surface area (Å²) in [5, 5.41) is 4.11. The summed E-state index contributed by atoms with van der Waals surface area (Å²) >= 11 is 0. The van der Waals surface area contributed by atoms with Crippen LogP contribution in [0.1, 0.15) is 54.9 Å². The zero-order valence-corrected chi connectivity index (χ0v) is 15.8. The summed E-state index contributed by atoms with van der Waals surface area (Å²) in [7, 11) is 0. The van der Waals surface area contributed by atoms with Gasteiger partial charge in [0.1, 0.15) is 6.04 Å². The van der Waals surface area contributed by atoms with Crippen molar-refractivity contribution in [3.05, 3.63) is 71.9 Å². The van der Waals surface area contributed by atoms with Gasteiger partial charge in [0.25, 0.3) is 0 Å². The van der Waals surface area contributed by atoms with Gasteiger partial charge in [-0.25, -0.2) is 0 Å². The van der Waals surface area contributed by atoms with Crippen molar-refractivity contribution < 1.29 is 9.32 Å². The molecule has 1 aliphatic heterocycles. The first-order chi connectivity index (χ1) is 13.8. The molecule has 1 saturated carbocycles. The van der Waals surface area contributed by atoms with Crippen LogP contribution in [0.2, 0.25) is 0 Å². The first kappa shape index (κ1) is 17.2. The minimum Gasteiger partial charge on any atom is -0.337 e. The van der Waals surface area contributed by atoms with E-state index in [1.807, 2.05) is 35.2 Å². The lowest BCUT2D eigenvalue weighted by Gasteiger charge is -2.22. The third-order valence-corrected chi connectivity index (χ3v) is 5.67. The van der Waals surface area contributed by atoms with E-state index in [2.05, 4.69) is 34.4 Å².